The van der Waals surface area contributed by atoms with Gasteiger partial charge in [0.1, 0.15) is 11.5 Å². The third kappa shape index (κ3) is 3.35. The van der Waals surface area contributed by atoms with Crippen LogP contribution in [0.4, 0.5) is 0 Å². The first-order chi connectivity index (χ1) is 16.2. The highest BCUT2D eigenvalue weighted by atomic mass is 16.5. The molecule has 184 valence electrons. The van der Waals surface area contributed by atoms with E-state index in [1.54, 1.807) is 14.2 Å². The SMILES string of the molecule is COc1cccc(OC)c1/C=C(\C)[C@H]1CC[C@H]2[C@@H]3CC[C@H]4N(C)C(=O)C=C[C@]4(C)[C@H]3CC[C@]12C. The van der Waals surface area contributed by atoms with E-state index in [4.69, 9.17) is 9.47 Å². The maximum atomic E-state index is 12.4. The summed E-state index contributed by atoms with van der Waals surface area (Å²) in [6, 6.07) is 6.38. The molecule has 3 fully saturated rings. The lowest BCUT2D eigenvalue weighted by Gasteiger charge is -2.60. The number of rotatable bonds is 4. The van der Waals surface area contributed by atoms with Crippen molar-refractivity contribution >= 4 is 12.0 Å². The summed E-state index contributed by atoms with van der Waals surface area (Å²) in [7, 11) is 5.47. The number of carbonyl (C=O) groups excluding carboxylic acids is 1. The molecule has 1 aromatic rings. The van der Waals surface area contributed by atoms with E-state index in [-0.39, 0.29) is 11.3 Å². The summed E-state index contributed by atoms with van der Waals surface area (Å²) in [5.74, 6) is 4.69. The topological polar surface area (TPSA) is 38.8 Å². The van der Waals surface area contributed by atoms with E-state index in [0.717, 1.165) is 35.3 Å². The fraction of sp³-hybridized carbons (Fsp3) is 0.633. The molecule has 4 heteroatoms. The summed E-state index contributed by atoms with van der Waals surface area (Å²) in [6.45, 7) is 7.32. The van der Waals surface area contributed by atoms with Crippen molar-refractivity contribution in [2.75, 3.05) is 21.3 Å². The highest BCUT2D eigenvalue weighted by molar-refractivity contribution is 5.89. The molecule has 0 aromatic heterocycles. The molecule has 0 saturated heterocycles. The number of carbonyl (C=O) groups is 1. The molecule has 5 rings (SSSR count). The van der Waals surface area contributed by atoms with Gasteiger partial charge in [-0.25, -0.2) is 0 Å². The number of fused-ring (bicyclic) bond motifs is 5. The van der Waals surface area contributed by atoms with Gasteiger partial charge in [0.05, 0.1) is 19.8 Å². The number of nitrogens with zero attached hydrogens (tertiary/aromatic N) is 1. The number of amides is 1. The highest BCUT2D eigenvalue weighted by Gasteiger charge is 2.60. The third-order valence-electron chi connectivity index (χ3n) is 10.5. The van der Waals surface area contributed by atoms with Crippen molar-refractivity contribution in [3.8, 4) is 11.5 Å². The van der Waals surface area contributed by atoms with E-state index in [1.165, 1.54) is 37.7 Å². The van der Waals surface area contributed by atoms with E-state index in [9.17, 15) is 4.79 Å². The highest BCUT2D eigenvalue weighted by Crippen LogP contribution is 2.66. The summed E-state index contributed by atoms with van der Waals surface area (Å²) >= 11 is 0. The largest absolute Gasteiger partial charge is 0.496 e. The second kappa shape index (κ2) is 8.46. The molecule has 1 heterocycles. The smallest absolute Gasteiger partial charge is 0.246 e. The van der Waals surface area contributed by atoms with Crippen LogP contribution in [0.2, 0.25) is 0 Å². The molecule has 34 heavy (non-hydrogen) atoms. The third-order valence-corrected chi connectivity index (χ3v) is 10.5. The number of allylic oxidation sites excluding steroid dienone is 1. The van der Waals surface area contributed by atoms with Crippen molar-refractivity contribution in [3.05, 3.63) is 41.5 Å². The zero-order valence-corrected chi connectivity index (χ0v) is 21.8. The quantitative estimate of drug-likeness (QED) is 0.521. The maximum Gasteiger partial charge on any atom is 0.246 e. The van der Waals surface area contributed by atoms with Crippen molar-refractivity contribution in [2.24, 2.45) is 34.5 Å². The fourth-order valence-corrected chi connectivity index (χ4v) is 8.84. The molecule has 0 unspecified atom stereocenters. The molecule has 4 aliphatic rings. The summed E-state index contributed by atoms with van der Waals surface area (Å²) in [5.41, 5.74) is 2.95. The Balaban J connectivity index is 1.44. The lowest BCUT2D eigenvalue weighted by Crippen LogP contribution is -2.59. The zero-order chi connectivity index (χ0) is 24.3. The van der Waals surface area contributed by atoms with Gasteiger partial charge < -0.3 is 14.4 Å². The lowest BCUT2D eigenvalue weighted by atomic mass is 9.47. The van der Waals surface area contributed by atoms with Crippen LogP contribution in [0.15, 0.2) is 35.9 Å². The Hall–Kier alpha value is -2.23. The van der Waals surface area contributed by atoms with Gasteiger partial charge in [-0.3, -0.25) is 4.79 Å². The Bertz CT molecular complexity index is 1010. The second-order valence-electron chi connectivity index (χ2n) is 11.8. The van der Waals surface area contributed by atoms with E-state index in [1.807, 2.05) is 36.2 Å². The van der Waals surface area contributed by atoms with E-state index >= 15 is 0 Å². The van der Waals surface area contributed by atoms with Crippen LogP contribution in [0.3, 0.4) is 0 Å². The van der Waals surface area contributed by atoms with Gasteiger partial charge in [-0.2, -0.15) is 0 Å². The predicted octanol–water partition coefficient (Wildman–Crippen LogP) is 6.36. The average Bonchev–Trinajstić information content (AvgIpc) is 3.19. The van der Waals surface area contributed by atoms with Crippen LogP contribution in [0, 0.1) is 34.5 Å². The number of ether oxygens (including phenoxy) is 2. The van der Waals surface area contributed by atoms with Gasteiger partial charge in [-0.05, 0) is 98.8 Å². The van der Waals surface area contributed by atoms with E-state index in [0.29, 0.717) is 23.3 Å². The van der Waals surface area contributed by atoms with Gasteiger partial charge in [0.15, 0.2) is 0 Å². The first-order valence-electron chi connectivity index (χ1n) is 13.1. The van der Waals surface area contributed by atoms with E-state index < -0.39 is 0 Å². The maximum absolute atomic E-state index is 12.4. The first-order valence-corrected chi connectivity index (χ1v) is 13.1. The first kappa shape index (κ1) is 23.5. The van der Waals surface area contributed by atoms with Crippen LogP contribution in [0.5, 0.6) is 11.5 Å². The van der Waals surface area contributed by atoms with Crippen molar-refractivity contribution < 1.29 is 14.3 Å². The standard InChI is InChI=1S/C30H41NO3/c1-19(18-21-25(33-5)8-7-9-26(21)34-6)22-11-12-23-20-10-13-27-30(3,17-15-28(32)31(27)4)24(20)14-16-29(22,23)2/h7-9,15,17-18,20,22-24,27H,10-14,16H2,1-6H3/b19-18+/t20-,22+,23-,24-,27+,29+,30+/m0/s1. The van der Waals surface area contributed by atoms with Crippen molar-refractivity contribution in [1.82, 2.24) is 4.90 Å². The fourth-order valence-electron chi connectivity index (χ4n) is 8.84. The summed E-state index contributed by atoms with van der Waals surface area (Å²) in [5, 5.41) is 0. The van der Waals surface area contributed by atoms with Crippen LogP contribution < -0.4 is 9.47 Å². The van der Waals surface area contributed by atoms with Crippen molar-refractivity contribution in [1.29, 1.82) is 0 Å². The number of methoxy groups -OCH3 is 2. The Morgan fingerprint density at radius 2 is 1.74 bits per heavy atom. The Morgan fingerprint density at radius 3 is 2.41 bits per heavy atom. The molecule has 0 N–H and O–H groups in total. The van der Waals surface area contributed by atoms with Gasteiger partial charge >= 0.3 is 0 Å². The summed E-state index contributed by atoms with van der Waals surface area (Å²) in [4.78, 5) is 14.4. The van der Waals surface area contributed by atoms with Gasteiger partial charge in [-0.1, -0.05) is 31.6 Å². The van der Waals surface area contributed by atoms with Gasteiger partial charge in [0.25, 0.3) is 0 Å². The van der Waals surface area contributed by atoms with Crippen LogP contribution in [0.25, 0.3) is 6.08 Å². The van der Waals surface area contributed by atoms with Crippen LogP contribution in [0.1, 0.15) is 64.9 Å². The van der Waals surface area contributed by atoms with E-state index in [2.05, 4.69) is 32.9 Å². The summed E-state index contributed by atoms with van der Waals surface area (Å²) < 4.78 is 11.3. The van der Waals surface area contributed by atoms with Gasteiger partial charge in [0.2, 0.25) is 5.91 Å². The Morgan fingerprint density at radius 1 is 1.03 bits per heavy atom. The molecule has 0 radical (unpaired) electrons. The van der Waals surface area contributed by atoms with Crippen molar-refractivity contribution in [2.45, 2.75) is 65.3 Å². The molecule has 1 amide bonds. The molecular weight excluding hydrogens is 422 g/mol. The number of likely N-dealkylation sites (N-methyl/N-ethyl adjacent to an activating group) is 1. The average molecular weight is 464 g/mol. The molecule has 7 atom stereocenters. The molecule has 0 spiro atoms. The Labute approximate surface area is 205 Å². The number of benzene rings is 1. The monoisotopic (exact) mass is 463 g/mol. The zero-order valence-electron chi connectivity index (χ0n) is 21.8. The molecule has 0 bridgehead atoms. The molecule has 4 nitrogen and oxygen atoms in total. The normalized spacial score (nSPS) is 39.4. The molecule has 3 saturated carbocycles. The Kier molecular flexibility index (Phi) is 5.85. The predicted molar refractivity (Wildman–Crippen MR) is 137 cm³/mol. The van der Waals surface area contributed by atoms with Gasteiger partial charge in [-0.15, -0.1) is 0 Å². The minimum atomic E-state index is 0.112. The molecular formula is C30H41NO3. The van der Waals surface area contributed by atoms with Crippen LogP contribution in [-0.4, -0.2) is 38.1 Å². The molecule has 3 aliphatic carbocycles. The number of hydrogen-bond acceptors (Lipinski definition) is 3. The van der Waals surface area contributed by atoms with Crippen LogP contribution in [-0.2, 0) is 4.79 Å². The van der Waals surface area contributed by atoms with Crippen LogP contribution >= 0.6 is 0 Å². The lowest BCUT2D eigenvalue weighted by molar-refractivity contribution is -0.138. The van der Waals surface area contributed by atoms with Crippen molar-refractivity contribution in [3.63, 3.8) is 0 Å². The van der Waals surface area contributed by atoms with Gasteiger partial charge in [0, 0.05) is 18.5 Å². The minimum absolute atomic E-state index is 0.112. The minimum Gasteiger partial charge on any atom is -0.496 e. The summed E-state index contributed by atoms with van der Waals surface area (Å²) in [6.07, 6.45) is 14.0. The molecule has 1 aromatic carbocycles. The molecule has 1 aliphatic heterocycles. The second-order valence-corrected chi connectivity index (χ2v) is 11.8. The number of hydrogen-bond donors (Lipinski definition) is 0.